The van der Waals surface area contributed by atoms with Crippen LogP contribution in [0.3, 0.4) is 0 Å². The van der Waals surface area contributed by atoms with Crippen molar-refractivity contribution in [3.8, 4) is 5.75 Å². The summed E-state index contributed by atoms with van der Waals surface area (Å²) in [7, 11) is 1.72. The zero-order valence-electron chi connectivity index (χ0n) is 14.6. The SMILES string of the molecule is CC(c1cc2ccccc2o1)N(C)C(=O)c1cccc(OCC(N)=O)c1. The molecule has 0 aliphatic rings. The fourth-order valence-electron chi connectivity index (χ4n) is 2.65. The summed E-state index contributed by atoms with van der Waals surface area (Å²) >= 11 is 0. The Labute approximate surface area is 151 Å². The van der Waals surface area contributed by atoms with E-state index in [-0.39, 0.29) is 18.6 Å². The molecule has 0 saturated heterocycles. The molecular formula is C20H20N2O4. The standard InChI is InChI=1S/C20H20N2O4/c1-13(18-11-14-6-3-4-9-17(14)26-18)22(2)20(24)15-7-5-8-16(10-15)25-12-19(21)23/h3-11,13H,12H2,1-2H3,(H2,21,23). The van der Waals surface area contributed by atoms with Crippen molar-refractivity contribution in [2.75, 3.05) is 13.7 Å². The van der Waals surface area contributed by atoms with Crippen LogP contribution >= 0.6 is 0 Å². The predicted molar refractivity (Wildman–Crippen MR) is 97.9 cm³/mol. The molecule has 0 bridgehead atoms. The average Bonchev–Trinajstić information content (AvgIpc) is 3.09. The van der Waals surface area contributed by atoms with Gasteiger partial charge in [-0.1, -0.05) is 24.3 Å². The second kappa shape index (κ2) is 7.31. The number of para-hydroxylation sites is 1. The molecule has 134 valence electrons. The molecule has 3 rings (SSSR count). The number of hydrogen-bond donors (Lipinski definition) is 1. The number of carbonyl (C=O) groups is 2. The van der Waals surface area contributed by atoms with E-state index in [1.54, 1.807) is 36.2 Å². The van der Waals surface area contributed by atoms with Gasteiger partial charge in [-0.2, -0.15) is 0 Å². The largest absolute Gasteiger partial charge is 0.484 e. The molecule has 6 heteroatoms. The van der Waals surface area contributed by atoms with Crippen LogP contribution in [0, 0.1) is 0 Å². The number of ether oxygens (including phenoxy) is 1. The molecule has 0 aliphatic carbocycles. The van der Waals surface area contributed by atoms with Crippen molar-refractivity contribution >= 4 is 22.8 Å². The fourth-order valence-corrected chi connectivity index (χ4v) is 2.65. The minimum Gasteiger partial charge on any atom is -0.484 e. The van der Waals surface area contributed by atoms with Gasteiger partial charge in [0.25, 0.3) is 11.8 Å². The minimum absolute atomic E-state index is 0.178. The van der Waals surface area contributed by atoms with Gasteiger partial charge in [-0.25, -0.2) is 0 Å². The zero-order valence-corrected chi connectivity index (χ0v) is 14.6. The first-order chi connectivity index (χ1) is 12.5. The normalized spacial score (nSPS) is 11.9. The first-order valence-electron chi connectivity index (χ1n) is 8.22. The van der Waals surface area contributed by atoms with E-state index in [1.807, 2.05) is 37.3 Å². The van der Waals surface area contributed by atoms with Crippen molar-refractivity contribution in [2.45, 2.75) is 13.0 Å². The molecule has 2 N–H and O–H groups in total. The Morgan fingerprint density at radius 1 is 1.15 bits per heavy atom. The summed E-state index contributed by atoms with van der Waals surface area (Å²) in [6.45, 7) is 1.67. The van der Waals surface area contributed by atoms with Gasteiger partial charge in [0.05, 0.1) is 6.04 Å². The van der Waals surface area contributed by atoms with Crippen molar-refractivity contribution in [2.24, 2.45) is 5.73 Å². The lowest BCUT2D eigenvalue weighted by Gasteiger charge is -2.23. The number of nitrogens with zero attached hydrogens (tertiary/aromatic N) is 1. The number of hydrogen-bond acceptors (Lipinski definition) is 4. The molecule has 6 nitrogen and oxygen atoms in total. The van der Waals surface area contributed by atoms with Crippen molar-refractivity contribution in [3.05, 3.63) is 65.9 Å². The van der Waals surface area contributed by atoms with E-state index in [0.29, 0.717) is 17.1 Å². The highest BCUT2D eigenvalue weighted by atomic mass is 16.5. The van der Waals surface area contributed by atoms with E-state index in [2.05, 4.69) is 0 Å². The van der Waals surface area contributed by atoms with Gasteiger partial charge in [0, 0.05) is 18.0 Å². The van der Waals surface area contributed by atoms with Crippen LogP contribution in [0.2, 0.25) is 0 Å². The maximum Gasteiger partial charge on any atom is 0.255 e. The van der Waals surface area contributed by atoms with Crippen molar-refractivity contribution < 1.29 is 18.7 Å². The first-order valence-corrected chi connectivity index (χ1v) is 8.22. The van der Waals surface area contributed by atoms with Gasteiger partial charge in [0.1, 0.15) is 17.1 Å². The number of carbonyl (C=O) groups excluding carboxylic acids is 2. The molecule has 1 unspecified atom stereocenters. The van der Waals surface area contributed by atoms with E-state index >= 15 is 0 Å². The molecule has 3 aromatic rings. The maximum atomic E-state index is 12.8. The van der Waals surface area contributed by atoms with Crippen LogP contribution in [0.1, 0.15) is 29.1 Å². The molecule has 0 saturated carbocycles. The second-order valence-corrected chi connectivity index (χ2v) is 6.06. The second-order valence-electron chi connectivity index (χ2n) is 6.06. The molecule has 0 spiro atoms. The predicted octanol–water partition coefficient (Wildman–Crippen LogP) is 3.13. The highest BCUT2D eigenvalue weighted by Gasteiger charge is 2.22. The third-order valence-electron chi connectivity index (χ3n) is 4.22. The monoisotopic (exact) mass is 352 g/mol. The van der Waals surface area contributed by atoms with Crippen LogP contribution in [0.5, 0.6) is 5.75 Å². The Bertz CT molecular complexity index is 915. The summed E-state index contributed by atoms with van der Waals surface area (Å²) < 4.78 is 11.1. The number of amides is 2. The zero-order chi connectivity index (χ0) is 18.7. The molecule has 0 radical (unpaired) electrons. The lowest BCUT2D eigenvalue weighted by atomic mass is 10.1. The van der Waals surface area contributed by atoms with Gasteiger partial charge < -0.3 is 19.8 Å². The van der Waals surface area contributed by atoms with Crippen LogP contribution < -0.4 is 10.5 Å². The van der Waals surface area contributed by atoms with E-state index in [4.69, 9.17) is 14.9 Å². The van der Waals surface area contributed by atoms with Crippen LogP contribution in [-0.2, 0) is 4.79 Å². The number of primary amides is 1. The lowest BCUT2D eigenvalue weighted by Crippen LogP contribution is -2.29. The van der Waals surface area contributed by atoms with Gasteiger partial charge in [-0.05, 0) is 37.3 Å². The molecule has 2 amide bonds. The van der Waals surface area contributed by atoms with E-state index < -0.39 is 5.91 Å². The topological polar surface area (TPSA) is 85.8 Å². The van der Waals surface area contributed by atoms with Gasteiger partial charge in [0.2, 0.25) is 0 Å². The van der Waals surface area contributed by atoms with Crippen molar-refractivity contribution in [3.63, 3.8) is 0 Å². The van der Waals surface area contributed by atoms with Crippen LogP contribution in [-0.4, -0.2) is 30.4 Å². The summed E-state index contributed by atoms with van der Waals surface area (Å²) in [4.78, 5) is 25.2. The summed E-state index contributed by atoms with van der Waals surface area (Å²) in [6.07, 6.45) is 0. The molecule has 0 aliphatic heterocycles. The summed E-state index contributed by atoms with van der Waals surface area (Å²) in [5.74, 6) is 0.377. The van der Waals surface area contributed by atoms with Crippen molar-refractivity contribution in [1.29, 1.82) is 0 Å². The Morgan fingerprint density at radius 3 is 2.65 bits per heavy atom. The van der Waals surface area contributed by atoms with Crippen LogP contribution in [0.15, 0.2) is 59.0 Å². The molecule has 1 atom stereocenters. The number of nitrogens with two attached hydrogens (primary N) is 1. The van der Waals surface area contributed by atoms with Gasteiger partial charge in [-0.3, -0.25) is 9.59 Å². The van der Waals surface area contributed by atoms with E-state index in [9.17, 15) is 9.59 Å². The van der Waals surface area contributed by atoms with Gasteiger partial charge in [-0.15, -0.1) is 0 Å². The smallest absolute Gasteiger partial charge is 0.255 e. The molecule has 1 aromatic heterocycles. The number of rotatable bonds is 6. The van der Waals surface area contributed by atoms with Gasteiger partial charge in [0.15, 0.2) is 6.61 Å². The van der Waals surface area contributed by atoms with E-state index in [1.165, 1.54) is 0 Å². The molecular weight excluding hydrogens is 332 g/mol. The van der Waals surface area contributed by atoms with Crippen LogP contribution in [0.25, 0.3) is 11.0 Å². The quantitative estimate of drug-likeness (QED) is 0.738. The summed E-state index contributed by atoms with van der Waals surface area (Å²) in [6, 6.07) is 16.1. The fraction of sp³-hybridized carbons (Fsp3) is 0.200. The number of benzene rings is 2. The Kier molecular flexibility index (Phi) is 4.93. The molecule has 26 heavy (non-hydrogen) atoms. The molecule has 0 fully saturated rings. The van der Waals surface area contributed by atoms with Crippen LogP contribution in [0.4, 0.5) is 0 Å². The Morgan fingerprint density at radius 2 is 1.92 bits per heavy atom. The summed E-state index contributed by atoms with van der Waals surface area (Å²) in [5.41, 5.74) is 6.32. The summed E-state index contributed by atoms with van der Waals surface area (Å²) in [5, 5.41) is 0.997. The Hall–Kier alpha value is -3.28. The lowest BCUT2D eigenvalue weighted by molar-refractivity contribution is -0.119. The number of furan rings is 1. The van der Waals surface area contributed by atoms with Crippen molar-refractivity contribution in [1.82, 2.24) is 4.90 Å². The highest BCUT2D eigenvalue weighted by molar-refractivity contribution is 5.94. The molecule has 1 heterocycles. The number of fused-ring (bicyclic) bond motifs is 1. The molecule has 2 aromatic carbocycles. The third kappa shape index (κ3) is 3.69. The Balaban J connectivity index is 1.78. The minimum atomic E-state index is -0.572. The van der Waals surface area contributed by atoms with Gasteiger partial charge >= 0.3 is 0 Å². The van der Waals surface area contributed by atoms with E-state index in [0.717, 1.165) is 11.0 Å². The maximum absolute atomic E-state index is 12.8. The highest BCUT2D eigenvalue weighted by Crippen LogP contribution is 2.28. The third-order valence-corrected chi connectivity index (χ3v) is 4.22. The average molecular weight is 352 g/mol. The first kappa shape index (κ1) is 17.5.